The van der Waals surface area contributed by atoms with Gasteiger partial charge in [0.1, 0.15) is 13.2 Å². The Hall–Kier alpha value is -4.71. The van der Waals surface area contributed by atoms with E-state index in [2.05, 4.69) is 93.7 Å². The number of carbonyl (C=O) groups excluding carboxylic acids is 3. The zero-order valence-electron chi connectivity index (χ0n) is 43.3. The van der Waals surface area contributed by atoms with Gasteiger partial charge in [-0.15, -0.1) is 0 Å². The Labute approximate surface area is 417 Å². The van der Waals surface area contributed by atoms with E-state index in [1.54, 1.807) is 0 Å². The third-order valence-electron chi connectivity index (χ3n) is 10.7. The van der Waals surface area contributed by atoms with Crippen LogP contribution >= 0.6 is 0 Å². The molecule has 1 atom stereocenters. The van der Waals surface area contributed by atoms with Gasteiger partial charge in [0.15, 0.2) is 6.10 Å². The maximum atomic E-state index is 12.8. The van der Waals surface area contributed by atoms with E-state index in [0.29, 0.717) is 19.3 Å². The van der Waals surface area contributed by atoms with Crippen molar-refractivity contribution in [2.75, 3.05) is 13.2 Å². The molecule has 0 aromatic heterocycles. The van der Waals surface area contributed by atoms with Crippen LogP contribution in [-0.2, 0) is 28.6 Å². The van der Waals surface area contributed by atoms with Crippen LogP contribution in [0.3, 0.4) is 0 Å². The van der Waals surface area contributed by atoms with Crippen molar-refractivity contribution in [3.8, 4) is 0 Å². The number of unbranched alkanes of at least 4 members (excludes halogenated alkanes) is 16. The fourth-order valence-corrected chi connectivity index (χ4v) is 6.75. The van der Waals surface area contributed by atoms with Gasteiger partial charge >= 0.3 is 17.9 Å². The molecule has 0 amide bonds. The van der Waals surface area contributed by atoms with Crippen LogP contribution in [0.1, 0.15) is 207 Å². The van der Waals surface area contributed by atoms with Crippen LogP contribution in [0.4, 0.5) is 0 Å². The average Bonchev–Trinajstić information content (AvgIpc) is 3.34. The molecule has 0 saturated carbocycles. The number of allylic oxidation sites excluding steroid dienone is 24. The number of rotatable bonds is 46. The van der Waals surface area contributed by atoms with Crippen molar-refractivity contribution in [3.05, 3.63) is 146 Å². The monoisotopic (exact) mass is 937 g/mol. The van der Waals surface area contributed by atoms with E-state index in [-0.39, 0.29) is 44.0 Å². The van der Waals surface area contributed by atoms with Crippen molar-refractivity contribution < 1.29 is 28.6 Å². The predicted octanol–water partition coefficient (Wildman–Crippen LogP) is 18.0. The minimum Gasteiger partial charge on any atom is -0.462 e. The lowest BCUT2D eigenvalue weighted by atomic mass is 10.1. The van der Waals surface area contributed by atoms with E-state index in [4.69, 9.17) is 14.2 Å². The second kappa shape index (κ2) is 54.9. The fourth-order valence-electron chi connectivity index (χ4n) is 6.75. The highest BCUT2D eigenvalue weighted by Crippen LogP contribution is 2.13. The van der Waals surface area contributed by atoms with Crippen molar-refractivity contribution >= 4 is 17.9 Å². The largest absolute Gasteiger partial charge is 0.462 e. The lowest BCUT2D eigenvalue weighted by molar-refractivity contribution is -0.166. The van der Waals surface area contributed by atoms with E-state index >= 15 is 0 Å². The van der Waals surface area contributed by atoms with Gasteiger partial charge < -0.3 is 14.2 Å². The maximum absolute atomic E-state index is 12.8. The Bertz CT molecular complexity index is 1540. The standard InChI is InChI=1S/C62H96O6/c1-4-7-10-13-16-19-22-25-28-31-34-37-40-43-46-49-52-55-61(64)67-58-59(57-66-60(63)54-51-48-45-42-39-36-33-30-27-24-21-18-15-12-9-6-3)68-62(65)56-53-50-47-44-41-38-35-32-29-26-23-20-17-14-11-8-5-2/h7,9-10,12-13,16,18-19,21-22,25-31,34,36-37,39-40,45,48,59H,4-6,8,11,14-15,17,20,23-24,32-33,35,38,41-44,46-47,49-58H2,1-3H3/b10-7-,12-9-,16-13-,21-18-,22-19-,28-25-,29-26-,30-27-,34-31+,39-36-,40-37-,48-45-. The van der Waals surface area contributed by atoms with Crippen molar-refractivity contribution in [2.24, 2.45) is 0 Å². The van der Waals surface area contributed by atoms with E-state index < -0.39 is 6.10 Å². The molecule has 0 bridgehead atoms. The van der Waals surface area contributed by atoms with Crippen LogP contribution in [0.2, 0.25) is 0 Å². The van der Waals surface area contributed by atoms with Crippen LogP contribution in [0.25, 0.3) is 0 Å². The molecular weight excluding hydrogens is 841 g/mol. The number of hydrogen-bond acceptors (Lipinski definition) is 6. The highest BCUT2D eigenvalue weighted by atomic mass is 16.6. The number of ether oxygens (including phenoxy) is 3. The number of hydrogen-bond donors (Lipinski definition) is 0. The summed E-state index contributed by atoms with van der Waals surface area (Å²) in [7, 11) is 0. The van der Waals surface area contributed by atoms with E-state index in [1.165, 1.54) is 77.0 Å². The van der Waals surface area contributed by atoms with Crippen LogP contribution in [0, 0.1) is 0 Å². The lowest BCUT2D eigenvalue weighted by Gasteiger charge is -2.18. The molecule has 0 spiro atoms. The number of esters is 3. The van der Waals surface area contributed by atoms with Crippen molar-refractivity contribution in [2.45, 2.75) is 213 Å². The van der Waals surface area contributed by atoms with Crippen LogP contribution < -0.4 is 0 Å². The van der Waals surface area contributed by atoms with Crippen LogP contribution in [0.15, 0.2) is 146 Å². The topological polar surface area (TPSA) is 78.9 Å². The van der Waals surface area contributed by atoms with Gasteiger partial charge in [0.2, 0.25) is 0 Å². The SMILES string of the molecule is CC\C=C/C=C\C=C/C=C\C=C\C=C/CCCCCC(=O)OCC(COC(=O)CC/C=C\C/C=C\C/C=C\C/C=C\C/C=C\CC)OC(=O)CCCCCCCCC/C=C\CCCCCCCC. The normalized spacial score (nSPS) is 13.3. The molecule has 0 N–H and O–H groups in total. The summed E-state index contributed by atoms with van der Waals surface area (Å²) in [5.74, 6) is -1.07. The molecule has 0 aromatic rings. The Morgan fingerprint density at radius 2 is 0.676 bits per heavy atom. The maximum Gasteiger partial charge on any atom is 0.306 e. The molecule has 0 heterocycles. The molecule has 380 valence electrons. The summed E-state index contributed by atoms with van der Waals surface area (Å²) in [6, 6.07) is 0. The fraction of sp³-hybridized carbons (Fsp3) is 0.565. The molecule has 0 rings (SSSR count). The quantitative estimate of drug-likeness (QED) is 0.0199. The summed E-state index contributed by atoms with van der Waals surface area (Å²) >= 11 is 0. The minimum atomic E-state index is -0.835. The molecule has 0 aliphatic heterocycles. The van der Waals surface area contributed by atoms with Gasteiger partial charge in [0, 0.05) is 19.3 Å². The van der Waals surface area contributed by atoms with Gasteiger partial charge in [0.25, 0.3) is 0 Å². The van der Waals surface area contributed by atoms with E-state index in [0.717, 1.165) is 77.0 Å². The highest BCUT2D eigenvalue weighted by molar-refractivity contribution is 5.71. The Morgan fingerprint density at radius 3 is 1.18 bits per heavy atom. The first-order chi connectivity index (χ1) is 33.5. The Morgan fingerprint density at radius 1 is 0.324 bits per heavy atom. The third-order valence-corrected chi connectivity index (χ3v) is 10.7. The van der Waals surface area contributed by atoms with Crippen LogP contribution in [-0.4, -0.2) is 37.2 Å². The zero-order chi connectivity index (χ0) is 49.3. The summed E-state index contributed by atoms with van der Waals surface area (Å²) in [5.41, 5.74) is 0. The average molecular weight is 937 g/mol. The van der Waals surface area contributed by atoms with Crippen molar-refractivity contribution in [3.63, 3.8) is 0 Å². The summed E-state index contributed by atoms with van der Waals surface area (Å²) in [6.45, 7) is 6.25. The highest BCUT2D eigenvalue weighted by Gasteiger charge is 2.19. The second-order valence-electron chi connectivity index (χ2n) is 17.2. The molecule has 0 radical (unpaired) electrons. The van der Waals surface area contributed by atoms with Gasteiger partial charge in [-0.1, -0.05) is 237 Å². The lowest BCUT2D eigenvalue weighted by Crippen LogP contribution is -2.30. The molecule has 68 heavy (non-hydrogen) atoms. The first-order valence-corrected chi connectivity index (χ1v) is 26.9. The van der Waals surface area contributed by atoms with Gasteiger partial charge in [0.05, 0.1) is 0 Å². The molecule has 0 aromatic carbocycles. The van der Waals surface area contributed by atoms with Gasteiger partial charge in [-0.25, -0.2) is 0 Å². The minimum absolute atomic E-state index is 0.132. The number of carbonyl (C=O) groups is 3. The van der Waals surface area contributed by atoms with Crippen LogP contribution in [0.5, 0.6) is 0 Å². The van der Waals surface area contributed by atoms with Crippen molar-refractivity contribution in [1.82, 2.24) is 0 Å². The Kier molecular flexibility index (Phi) is 51.1. The van der Waals surface area contributed by atoms with E-state index in [9.17, 15) is 14.4 Å². The summed E-state index contributed by atoms with van der Waals surface area (Å²) in [5, 5.41) is 0. The molecule has 0 aliphatic carbocycles. The summed E-state index contributed by atoms with van der Waals surface area (Å²) < 4.78 is 16.7. The molecule has 1 unspecified atom stereocenters. The smallest absolute Gasteiger partial charge is 0.306 e. The second-order valence-corrected chi connectivity index (χ2v) is 17.2. The predicted molar refractivity (Wildman–Crippen MR) is 292 cm³/mol. The summed E-state index contributed by atoms with van der Waals surface area (Å²) in [4.78, 5) is 38.0. The van der Waals surface area contributed by atoms with Gasteiger partial charge in [-0.3, -0.25) is 14.4 Å². The Balaban J connectivity index is 4.61. The molecule has 0 fully saturated rings. The molecule has 0 aliphatic rings. The molecule has 6 nitrogen and oxygen atoms in total. The van der Waals surface area contributed by atoms with Gasteiger partial charge in [-0.05, 0) is 96.3 Å². The molecule has 0 saturated heterocycles. The summed E-state index contributed by atoms with van der Waals surface area (Å²) in [6.07, 6.45) is 78.4. The van der Waals surface area contributed by atoms with Crippen molar-refractivity contribution in [1.29, 1.82) is 0 Å². The molecule has 6 heteroatoms. The molecular formula is C62H96O6. The zero-order valence-corrected chi connectivity index (χ0v) is 43.3. The first-order valence-electron chi connectivity index (χ1n) is 26.9. The van der Waals surface area contributed by atoms with Gasteiger partial charge in [-0.2, -0.15) is 0 Å². The van der Waals surface area contributed by atoms with E-state index in [1.807, 2.05) is 72.9 Å². The first kappa shape index (κ1) is 63.3. The third kappa shape index (κ3) is 52.3.